The largest absolute Gasteiger partial charge is 0.497 e. The highest BCUT2D eigenvalue weighted by molar-refractivity contribution is 14.1. The van der Waals surface area contributed by atoms with Crippen molar-refractivity contribution >= 4 is 22.6 Å². The zero-order valence-corrected chi connectivity index (χ0v) is 17.4. The highest BCUT2D eigenvalue weighted by Gasteiger charge is 2.23. The maximum Gasteiger partial charge on any atom is 0.119 e. The topological polar surface area (TPSA) is 18.5 Å². The lowest BCUT2D eigenvalue weighted by molar-refractivity contribution is 0.412. The average Bonchev–Trinajstić information content (AvgIpc) is 2.69. The zero-order chi connectivity index (χ0) is 18.5. The van der Waals surface area contributed by atoms with E-state index >= 15 is 0 Å². The van der Waals surface area contributed by atoms with Crippen molar-refractivity contribution in [3.05, 3.63) is 93.1 Å². The zero-order valence-electron chi connectivity index (χ0n) is 15.3. The summed E-state index contributed by atoms with van der Waals surface area (Å²) in [5.74, 6) is 2.30. The van der Waals surface area contributed by atoms with Gasteiger partial charge in [-0.25, -0.2) is 0 Å². The molecule has 26 heavy (non-hydrogen) atoms. The predicted octanol–water partition coefficient (Wildman–Crippen LogP) is 6.24. The van der Waals surface area contributed by atoms with Gasteiger partial charge in [0, 0.05) is 9.49 Å². The van der Waals surface area contributed by atoms with Gasteiger partial charge in [-0.3, -0.25) is 0 Å². The Bertz CT molecular complexity index is 858. The van der Waals surface area contributed by atoms with Crippen LogP contribution in [0, 0.1) is 3.57 Å². The van der Waals surface area contributed by atoms with E-state index in [0.717, 1.165) is 11.5 Å². The smallest absolute Gasteiger partial charge is 0.119 e. The minimum Gasteiger partial charge on any atom is -0.497 e. The molecule has 3 rings (SSSR count). The molecular weight excluding hydrogens is 435 g/mol. The van der Waals surface area contributed by atoms with Gasteiger partial charge in [-0.2, -0.15) is 0 Å². The number of hydrogen-bond donors (Lipinski definition) is 0. The van der Waals surface area contributed by atoms with Crippen LogP contribution in [0.4, 0.5) is 0 Å². The fourth-order valence-corrected chi connectivity index (χ4v) is 3.75. The van der Waals surface area contributed by atoms with Crippen LogP contribution >= 0.6 is 22.6 Å². The first-order valence-electron chi connectivity index (χ1n) is 8.65. The van der Waals surface area contributed by atoms with Gasteiger partial charge in [0.15, 0.2) is 0 Å². The first-order valence-corrected chi connectivity index (χ1v) is 9.73. The maximum absolute atomic E-state index is 5.46. The Morgan fingerprint density at radius 3 is 1.81 bits per heavy atom. The summed E-state index contributed by atoms with van der Waals surface area (Å²) in [6.07, 6.45) is 0. The van der Waals surface area contributed by atoms with E-state index in [-0.39, 0.29) is 11.8 Å². The molecule has 0 radical (unpaired) electrons. The Morgan fingerprint density at radius 1 is 0.692 bits per heavy atom. The monoisotopic (exact) mass is 458 g/mol. The van der Waals surface area contributed by atoms with Crippen LogP contribution < -0.4 is 9.47 Å². The van der Waals surface area contributed by atoms with Gasteiger partial charge in [-0.1, -0.05) is 43.3 Å². The fraction of sp³-hybridized carbons (Fsp3) is 0.217. The standard InChI is InChI=1S/C23H23IO2/c1-16(18-6-4-8-21(14-18)25-2)23(17-10-12-20(24)13-11-17)19-7-5-9-22(15-19)26-3/h4-16,23H,1-3H3. The van der Waals surface area contributed by atoms with E-state index in [4.69, 9.17) is 9.47 Å². The van der Waals surface area contributed by atoms with Crippen LogP contribution in [-0.4, -0.2) is 14.2 Å². The lowest BCUT2D eigenvalue weighted by Crippen LogP contribution is -2.11. The van der Waals surface area contributed by atoms with Gasteiger partial charge in [0.2, 0.25) is 0 Å². The van der Waals surface area contributed by atoms with Crippen molar-refractivity contribution in [2.75, 3.05) is 14.2 Å². The Labute approximate surface area is 169 Å². The third kappa shape index (κ3) is 4.21. The minimum absolute atomic E-state index is 0.231. The molecule has 0 saturated heterocycles. The summed E-state index contributed by atoms with van der Waals surface area (Å²) in [6.45, 7) is 2.27. The summed E-state index contributed by atoms with van der Waals surface area (Å²) in [5.41, 5.74) is 3.81. The van der Waals surface area contributed by atoms with E-state index in [1.807, 2.05) is 12.1 Å². The molecule has 0 amide bonds. The maximum atomic E-state index is 5.46. The van der Waals surface area contributed by atoms with E-state index in [1.54, 1.807) is 14.2 Å². The number of halogens is 1. The molecule has 0 aromatic heterocycles. The Balaban J connectivity index is 2.08. The number of methoxy groups -OCH3 is 2. The fourth-order valence-electron chi connectivity index (χ4n) is 3.39. The van der Waals surface area contributed by atoms with Crippen LogP contribution in [0.25, 0.3) is 0 Å². The molecule has 2 nitrogen and oxygen atoms in total. The van der Waals surface area contributed by atoms with E-state index in [0.29, 0.717) is 0 Å². The molecule has 0 bridgehead atoms. The van der Waals surface area contributed by atoms with Crippen molar-refractivity contribution in [2.24, 2.45) is 0 Å². The summed E-state index contributed by atoms with van der Waals surface area (Å²) in [4.78, 5) is 0. The lowest BCUT2D eigenvalue weighted by Gasteiger charge is -2.26. The molecule has 2 unspecified atom stereocenters. The first-order chi connectivity index (χ1) is 12.6. The number of hydrogen-bond acceptors (Lipinski definition) is 2. The highest BCUT2D eigenvalue weighted by Crippen LogP contribution is 2.40. The van der Waals surface area contributed by atoms with E-state index < -0.39 is 0 Å². The van der Waals surface area contributed by atoms with Gasteiger partial charge in [0.05, 0.1) is 14.2 Å². The molecule has 0 aliphatic rings. The van der Waals surface area contributed by atoms with E-state index in [1.165, 1.54) is 20.3 Å². The van der Waals surface area contributed by atoms with Crippen molar-refractivity contribution in [2.45, 2.75) is 18.8 Å². The SMILES string of the molecule is COc1cccc(C(C)C(c2ccc(I)cc2)c2cccc(OC)c2)c1. The second-order valence-corrected chi connectivity index (χ2v) is 7.62. The van der Waals surface area contributed by atoms with E-state index in [9.17, 15) is 0 Å². The Hall–Kier alpha value is -2.01. The molecule has 134 valence electrons. The van der Waals surface area contributed by atoms with Gasteiger partial charge >= 0.3 is 0 Å². The summed E-state index contributed by atoms with van der Waals surface area (Å²) < 4.78 is 12.1. The molecule has 0 spiro atoms. The number of rotatable bonds is 6. The molecule has 0 aliphatic carbocycles. The van der Waals surface area contributed by atoms with Crippen LogP contribution in [0.1, 0.15) is 35.4 Å². The third-order valence-electron chi connectivity index (χ3n) is 4.80. The van der Waals surface area contributed by atoms with Gasteiger partial charge in [-0.05, 0) is 81.6 Å². The normalized spacial score (nSPS) is 13.1. The molecule has 0 aliphatic heterocycles. The molecule has 0 N–H and O–H groups in total. The van der Waals surface area contributed by atoms with Crippen molar-refractivity contribution in [1.29, 1.82) is 0 Å². The lowest BCUT2D eigenvalue weighted by atomic mass is 9.78. The molecular formula is C23H23IO2. The molecule has 0 saturated carbocycles. The highest BCUT2D eigenvalue weighted by atomic mass is 127. The molecule has 2 atom stereocenters. The van der Waals surface area contributed by atoms with Gasteiger partial charge < -0.3 is 9.47 Å². The Kier molecular flexibility index (Phi) is 6.20. The molecule has 0 fully saturated rings. The summed E-state index contributed by atoms with van der Waals surface area (Å²) in [5, 5.41) is 0. The van der Waals surface area contributed by atoms with Crippen LogP contribution in [0.15, 0.2) is 72.8 Å². The van der Waals surface area contributed by atoms with Crippen LogP contribution in [0.2, 0.25) is 0 Å². The summed E-state index contributed by atoms with van der Waals surface area (Å²) in [6, 6.07) is 25.5. The third-order valence-corrected chi connectivity index (χ3v) is 5.52. The van der Waals surface area contributed by atoms with Crippen LogP contribution in [0.5, 0.6) is 11.5 Å². The predicted molar refractivity (Wildman–Crippen MR) is 115 cm³/mol. The van der Waals surface area contributed by atoms with Crippen LogP contribution in [-0.2, 0) is 0 Å². The average molecular weight is 458 g/mol. The minimum atomic E-state index is 0.231. The molecule has 3 heteroatoms. The second kappa shape index (κ2) is 8.58. The van der Waals surface area contributed by atoms with Gasteiger partial charge in [0.25, 0.3) is 0 Å². The Morgan fingerprint density at radius 2 is 1.23 bits per heavy atom. The first kappa shape index (κ1) is 18.8. The quantitative estimate of drug-likeness (QED) is 0.407. The number of benzene rings is 3. The van der Waals surface area contributed by atoms with Gasteiger partial charge in [0.1, 0.15) is 11.5 Å². The molecule has 3 aromatic carbocycles. The second-order valence-electron chi connectivity index (χ2n) is 6.37. The van der Waals surface area contributed by atoms with E-state index in [2.05, 4.69) is 90.2 Å². The molecule has 0 heterocycles. The molecule has 3 aromatic rings. The van der Waals surface area contributed by atoms with Crippen molar-refractivity contribution in [3.63, 3.8) is 0 Å². The van der Waals surface area contributed by atoms with Gasteiger partial charge in [-0.15, -0.1) is 0 Å². The van der Waals surface area contributed by atoms with Crippen molar-refractivity contribution in [1.82, 2.24) is 0 Å². The summed E-state index contributed by atoms with van der Waals surface area (Å²) >= 11 is 2.35. The van der Waals surface area contributed by atoms with Crippen molar-refractivity contribution < 1.29 is 9.47 Å². The summed E-state index contributed by atoms with van der Waals surface area (Å²) in [7, 11) is 3.42. The van der Waals surface area contributed by atoms with Crippen LogP contribution in [0.3, 0.4) is 0 Å². The van der Waals surface area contributed by atoms with Crippen molar-refractivity contribution in [3.8, 4) is 11.5 Å². The number of ether oxygens (including phenoxy) is 2.